The molecule has 3 heterocycles. The highest BCUT2D eigenvalue weighted by atomic mass is 19.4. The second kappa shape index (κ2) is 9.19. The third kappa shape index (κ3) is 4.99. The fraction of sp³-hybridized carbons (Fsp3) is 0.560. The summed E-state index contributed by atoms with van der Waals surface area (Å²) in [5.41, 5.74) is -0.861. The van der Waals surface area contributed by atoms with Crippen LogP contribution in [0.2, 0.25) is 0 Å². The van der Waals surface area contributed by atoms with Crippen molar-refractivity contribution in [2.45, 2.75) is 69.9 Å². The summed E-state index contributed by atoms with van der Waals surface area (Å²) in [6, 6.07) is 5.02. The van der Waals surface area contributed by atoms with Crippen molar-refractivity contribution in [3.8, 4) is 5.69 Å². The molecule has 11 heteroatoms. The van der Waals surface area contributed by atoms with Gasteiger partial charge in [-0.1, -0.05) is 6.07 Å². The highest BCUT2D eigenvalue weighted by molar-refractivity contribution is 5.89. The molecule has 1 aliphatic carbocycles. The lowest BCUT2D eigenvalue weighted by molar-refractivity contribution is -0.137. The van der Waals surface area contributed by atoms with Crippen molar-refractivity contribution in [1.29, 1.82) is 0 Å². The minimum atomic E-state index is -4.47. The van der Waals surface area contributed by atoms with Gasteiger partial charge >= 0.3 is 6.18 Å². The van der Waals surface area contributed by atoms with Crippen LogP contribution in [-0.4, -0.2) is 60.8 Å². The van der Waals surface area contributed by atoms with Crippen molar-refractivity contribution in [2.75, 3.05) is 23.3 Å². The van der Waals surface area contributed by atoms with Gasteiger partial charge in [-0.2, -0.15) is 28.2 Å². The molecular weight excluding hydrogens is 473 g/mol. The van der Waals surface area contributed by atoms with Crippen molar-refractivity contribution >= 4 is 22.8 Å². The van der Waals surface area contributed by atoms with Crippen LogP contribution in [0.3, 0.4) is 0 Å². The summed E-state index contributed by atoms with van der Waals surface area (Å²) in [4.78, 5) is 11.6. The van der Waals surface area contributed by atoms with Crippen LogP contribution in [-0.2, 0) is 6.18 Å². The van der Waals surface area contributed by atoms with E-state index in [-0.39, 0.29) is 23.8 Å². The van der Waals surface area contributed by atoms with Gasteiger partial charge in [-0.15, -0.1) is 0 Å². The van der Waals surface area contributed by atoms with Gasteiger partial charge in [0, 0.05) is 19.1 Å². The molecule has 0 bridgehead atoms. The highest BCUT2D eigenvalue weighted by Gasteiger charge is 2.33. The van der Waals surface area contributed by atoms with Crippen LogP contribution in [0.15, 0.2) is 30.5 Å². The van der Waals surface area contributed by atoms with Crippen LogP contribution in [0.1, 0.15) is 51.5 Å². The summed E-state index contributed by atoms with van der Waals surface area (Å²) in [5.74, 6) is 1.18. The van der Waals surface area contributed by atoms with E-state index in [0.717, 1.165) is 31.4 Å². The first-order valence-electron chi connectivity index (χ1n) is 12.3. The summed E-state index contributed by atoms with van der Waals surface area (Å²) in [6.45, 7) is 5.01. The average Bonchev–Trinajstić information content (AvgIpc) is 3.43. The van der Waals surface area contributed by atoms with E-state index in [1.54, 1.807) is 12.3 Å². The predicted octanol–water partition coefficient (Wildman–Crippen LogP) is 4.15. The average molecular weight is 505 g/mol. The largest absolute Gasteiger partial charge is 0.416 e. The Bertz CT molecular complexity index is 1230. The number of aromatic nitrogens is 4. The number of piperidine rings is 1. The number of nitrogens with zero attached hydrogens (tertiary/aromatic N) is 5. The topological polar surface area (TPSA) is 99.3 Å². The summed E-state index contributed by atoms with van der Waals surface area (Å²) >= 11 is 0. The van der Waals surface area contributed by atoms with Crippen LogP contribution >= 0.6 is 0 Å². The van der Waals surface area contributed by atoms with E-state index in [0.29, 0.717) is 48.7 Å². The first-order chi connectivity index (χ1) is 17.0. The molecule has 3 N–H and O–H groups in total. The molecule has 8 nitrogen and oxygen atoms in total. The standard InChI is InChI=1S/C25H31F3N6O2/c1-24(2,36)15-8-10-33(11-9-15)21-20-14-29-34(18-5-3-4-16(12-18)25(26,27)28)22(20)32-23(31-21)30-17-6-7-19(35)13-17/h3-5,12,14-15,17,19,35-36H,6-11,13H2,1-2H3,(H,30,31,32)/t17-,19+/m0/s1. The van der Waals surface area contributed by atoms with Crippen LogP contribution in [0, 0.1) is 5.92 Å². The van der Waals surface area contributed by atoms with Gasteiger partial charge in [0.25, 0.3) is 0 Å². The van der Waals surface area contributed by atoms with Crippen LogP contribution in [0.4, 0.5) is 24.9 Å². The van der Waals surface area contributed by atoms with E-state index in [1.165, 1.54) is 10.7 Å². The molecule has 2 aromatic heterocycles. The molecule has 5 rings (SSSR count). The smallest absolute Gasteiger partial charge is 0.393 e. The molecule has 1 saturated heterocycles. The Morgan fingerprint density at radius 3 is 2.44 bits per heavy atom. The van der Waals surface area contributed by atoms with Gasteiger partial charge < -0.3 is 20.4 Å². The Labute approximate surface area is 207 Å². The molecule has 1 saturated carbocycles. The molecule has 194 valence electrons. The first kappa shape index (κ1) is 24.8. The zero-order chi connectivity index (χ0) is 25.7. The van der Waals surface area contributed by atoms with E-state index in [2.05, 4.69) is 20.3 Å². The lowest BCUT2D eigenvalue weighted by Gasteiger charge is -2.38. The fourth-order valence-electron chi connectivity index (χ4n) is 5.27. The maximum absolute atomic E-state index is 13.4. The number of benzene rings is 1. The number of alkyl halides is 3. The van der Waals surface area contributed by atoms with Crippen LogP contribution in [0.5, 0.6) is 0 Å². The Balaban J connectivity index is 1.54. The number of nitrogens with one attached hydrogen (secondary N) is 1. The van der Waals surface area contributed by atoms with Gasteiger partial charge in [0.05, 0.1) is 34.5 Å². The van der Waals surface area contributed by atoms with Gasteiger partial charge in [-0.3, -0.25) is 0 Å². The second-order valence-corrected chi connectivity index (χ2v) is 10.4. The minimum absolute atomic E-state index is 0.0103. The number of fused-ring (bicyclic) bond motifs is 1. The van der Waals surface area contributed by atoms with Gasteiger partial charge in [0.1, 0.15) is 5.82 Å². The summed E-state index contributed by atoms with van der Waals surface area (Å²) in [7, 11) is 0. The third-order valence-electron chi connectivity index (χ3n) is 7.36. The minimum Gasteiger partial charge on any atom is -0.393 e. The van der Waals surface area contributed by atoms with E-state index < -0.39 is 17.3 Å². The second-order valence-electron chi connectivity index (χ2n) is 10.4. The molecule has 36 heavy (non-hydrogen) atoms. The van der Waals surface area contributed by atoms with E-state index >= 15 is 0 Å². The van der Waals surface area contributed by atoms with Gasteiger partial charge in [-0.25, -0.2) is 4.68 Å². The Morgan fingerprint density at radius 1 is 1.06 bits per heavy atom. The molecule has 2 fully saturated rings. The van der Waals surface area contributed by atoms with Crippen molar-refractivity contribution in [3.05, 3.63) is 36.0 Å². The highest BCUT2D eigenvalue weighted by Crippen LogP contribution is 2.35. The SMILES string of the molecule is CC(C)(O)C1CCN(c2nc(N[C@H]3CC[C@@H](O)C3)nc3c2cnn3-c2cccc(C(F)(F)F)c2)CC1. The lowest BCUT2D eigenvalue weighted by Crippen LogP contribution is -2.42. The maximum atomic E-state index is 13.4. The van der Waals surface area contributed by atoms with Crippen molar-refractivity contribution in [1.82, 2.24) is 19.7 Å². The molecule has 2 atom stereocenters. The zero-order valence-corrected chi connectivity index (χ0v) is 20.3. The molecule has 0 unspecified atom stereocenters. The Morgan fingerprint density at radius 2 is 1.81 bits per heavy atom. The third-order valence-corrected chi connectivity index (χ3v) is 7.36. The molecule has 0 radical (unpaired) electrons. The van der Waals surface area contributed by atoms with Crippen molar-refractivity contribution in [2.24, 2.45) is 5.92 Å². The zero-order valence-electron chi connectivity index (χ0n) is 20.3. The molecule has 1 aliphatic heterocycles. The monoisotopic (exact) mass is 504 g/mol. The van der Waals surface area contributed by atoms with Crippen molar-refractivity contribution in [3.63, 3.8) is 0 Å². The number of halogens is 3. The Kier molecular flexibility index (Phi) is 6.32. The first-order valence-corrected chi connectivity index (χ1v) is 12.3. The summed E-state index contributed by atoms with van der Waals surface area (Å²) in [5, 5.41) is 28.7. The molecular formula is C25H31F3N6O2. The molecule has 1 aromatic carbocycles. The normalized spacial score (nSPS) is 21.9. The molecule has 3 aromatic rings. The molecule has 2 aliphatic rings. The number of aliphatic hydroxyl groups is 2. The van der Waals surface area contributed by atoms with Gasteiger partial charge in [-0.05, 0) is 70.1 Å². The van der Waals surface area contributed by atoms with E-state index in [9.17, 15) is 23.4 Å². The van der Waals surface area contributed by atoms with E-state index in [4.69, 9.17) is 4.98 Å². The lowest BCUT2D eigenvalue weighted by atomic mass is 9.83. The summed E-state index contributed by atoms with van der Waals surface area (Å²) in [6.07, 6.45) is 0.378. The Hall–Kier alpha value is -2.92. The van der Waals surface area contributed by atoms with Gasteiger partial charge in [0.2, 0.25) is 5.95 Å². The number of hydrogen-bond acceptors (Lipinski definition) is 7. The number of anilines is 2. The fourth-order valence-corrected chi connectivity index (χ4v) is 5.27. The maximum Gasteiger partial charge on any atom is 0.416 e. The van der Waals surface area contributed by atoms with Crippen LogP contribution in [0.25, 0.3) is 16.7 Å². The summed E-state index contributed by atoms with van der Waals surface area (Å²) < 4.78 is 41.5. The quantitative estimate of drug-likeness (QED) is 0.480. The predicted molar refractivity (Wildman–Crippen MR) is 130 cm³/mol. The number of aliphatic hydroxyl groups excluding tert-OH is 1. The molecule has 0 spiro atoms. The van der Waals surface area contributed by atoms with Crippen LogP contribution < -0.4 is 10.2 Å². The molecule has 0 amide bonds. The number of rotatable bonds is 5. The van der Waals surface area contributed by atoms with Gasteiger partial charge in [0.15, 0.2) is 5.65 Å². The van der Waals surface area contributed by atoms with Crippen molar-refractivity contribution < 1.29 is 23.4 Å². The van der Waals surface area contributed by atoms with E-state index in [1.807, 2.05) is 13.8 Å². The number of hydrogen-bond donors (Lipinski definition) is 3.